The highest BCUT2D eigenvalue weighted by atomic mass is 32.2. The summed E-state index contributed by atoms with van der Waals surface area (Å²) in [6, 6.07) is 12.6. The summed E-state index contributed by atoms with van der Waals surface area (Å²) in [6.45, 7) is 4.16. The molecule has 3 heterocycles. The molecule has 3 nitrogen and oxygen atoms in total. The maximum Gasteiger partial charge on any atom is 0.126 e. The molecule has 114 valence electrons. The zero-order valence-electron chi connectivity index (χ0n) is 12.9. The third-order valence-electron chi connectivity index (χ3n) is 3.74. The van der Waals surface area contributed by atoms with Gasteiger partial charge in [0.1, 0.15) is 16.2 Å². The van der Waals surface area contributed by atoms with Crippen molar-refractivity contribution in [3.63, 3.8) is 0 Å². The molecule has 0 saturated heterocycles. The van der Waals surface area contributed by atoms with Crippen molar-refractivity contribution in [3.8, 4) is 0 Å². The third kappa shape index (κ3) is 2.71. The van der Waals surface area contributed by atoms with E-state index >= 15 is 0 Å². The molecular weight excluding hydrogens is 322 g/mol. The van der Waals surface area contributed by atoms with E-state index in [1.165, 1.54) is 16.5 Å². The molecule has 1 aromatic carbocycles. The molecule has 0 spiro atoms. The number of rotatable bonds is 3. The van der Waals surface area contributed by atoms with Gasteiger partial charge in [0, 0.05) is 16.8 Å². The van der Waals surface area contributed by atoms with E-state index in [1.807, 2.05) is 13.0 Å². The van der Waals surface area contributed by atoms with Gasteiger partial charge in [-0.1, -0.05) is 30.3 Å². The molecule has 23 heavy (non-hydrogen) atoms. The number of hydrogen-bond acceptors (Lipinski definition) is 5. The van der Waals surface area contributed by atoms with E-state index in [-0.39, 0.29) is 0 Å². The molecule has 5 heteroatoms. The second-order valence-corrected chi connectivity index (χ2v) is 7.46. The Morgan fingerprint density at radius 3 is 2.74 bits per heavy atom. The van der Waals surface area contributed by atoms with Gasteiger partial charge in [0.25, 0.3) is 0 Å². The van der Waals surface area contributed by atoms with E-state index in [4.69, 9.17) is 0 Å². The van der Waals surface area contributed by atoms with E-state index in [0.717, 1.165) is 31.5 Å². The molecule has 4 aromatic rings. The Balaban J connectivity index is 1.80. The van der Waals surface area contributed by atoms with Crippen LogP contribution in [0.2, 0.25) is 0 Å². The Bertz CT molecular complexity index is 993. The summed E-state index contributed by atoms with van der Waals surface area (Å²) in [5.74, 6) is 0.909. The molecule has 0 atom stereocenters. The maximum absolute atomic E-state index is 4.67. The summed E-state index contributed by atoms with van der Waals surface area (Å²) in [5.41, 5.74) is 4.61. The van der Waals surface area contributed by atoms with Crippen LogP contribution in [0.25, 0.3) is 20.4 Å². The monoisotopic (exact) mass is 337 g/mol. The Hall–Kier alpha value is -1.98. The fourth-order valence-electron chi connectivity index (χ4n) is 2.72. The van der Waals surface area contributed by atoms with Crippen LogP contribution in [0, 0.1) is 13.8 Å². The molecule has 0 amide bonds. The second-order valence-electron chi connectivity index (χ2n) is 5.49. The Labute approximate surface area is 142 Å². The molecule has 0 radical (unpaired) electrons. The predicted molar refractivity (Wildman–Crippen MR) is 98.2 cm³/mol. The number of nitrogens with zero attached hydrogens (tertiary/aromatic N) is 3. The van der Waals surface area contributed by atoms with E-state index < -0.39 is 0 Å². The molecule has 0 saturated carbocycles. The minimum atomic E-state index is 0.909. The van der Waals surface area contributed by atoms with Crippen molar-refractivity contribution in [1.29, 1.82) is 0 Å². The molecule has 0 aliphatic heterocycles. The lowest BCUT2D eigenvalue weighted by Gasteiger charge is -2.02. The number of aryl methyl sites for hydroxylation is 2. The van der Waals surface area contributed by atoms with Gasteiger partial charge in [-0.15, -0.1) is 23.1 Å². The quantitative estimate of drug-likeness (QED) is 0.383. The van der Waals surface area contributed by atoms with Gasteiger partial charge in [0.05, 0.1) is 10.2 Å². The van der Waals surface area contributed by atoms with Gasteiger partial charge < -0.3 is 0 Å². The SMILES string of the molecule is Cc1cc(C)c2c(n1)sc1c(SCc3ccccc3)ncnc12. The van der Waals surface area contributed by atoms with Gasteiger partial charge in [-0.25, -0.2) is 15.0 Å². The highest BCUT2D eigenvalue weighted by Crippen LogP contribution is 2.38. The summed E-state index contributed by atoms with van der Waals surface area (Å²) in [7, 11) is 0. The number of hydrogen-bond donors (Lipinski definition) is 0. The minimum Gasteiger partial charge on any atom is -0.242 e. The van der Waals surface area contributed by atoms with Crippen LogP contribution in [-0.4, -0.2) is 15.0 Å². The Morgan fingerprint density at radius 2 is 1.91 bits per heavy atom. The van der Waals surface area contributed by atoms with Crippen molar-refractivity contribution in [3.05, 3.63) is 59.5 Å². The van der Waals surface area contributed by atoms with Crippen molar-refractivity contribution in [2.24, 2.45) is 0 Å². The van der Waals surface area contributed by atoms with Gasteiger partial charge in [-0.3, -0.25) is 0 Å². The molecule has 0 aliphatic rings. The lowest BCUT2D eigenvalue weighted by molar-refractivity contribution is 1.11. The molecule has 0 bridgehead atoms. The van der Waals surface area contributed by atoms with Crippen LogP contribution in [0.15, 0.2) is 47.8 Å². The predicted octanol–water partition coefficient (Wildman–Crippen LogP) is 5.15. The molecule has 0 aliphatic carbocycles. The maximum atomic E-state index is 4.67. The highest BCUT2D eigenvalue weighted by Gasteiger charge is 2.14. The lowest BCUT2D eigenvalue weighted by atomic mass is 10.1. The number of aromatic nitrogens is 3. The highest BCUT2D eigenvalue weighted by molar-refractivity contribution is 7.98. The standard InChI is InChI=1S/C18H15N3S2/c1-11-8-12(2)21-17-14(11)15-16(23-17)18(20-10-19-15)22-9-13-6-4-3-5-7-13/h3-8,10H,9H2,1-2H3. The fraction of sp³-hybridized carbons (Fsp3) is 0.167. The van der Waals surface area contributed by atoms with Crippen molar-refractivity contribution < 1.29 is 0 Å². The first kappa shape index (κ1) is 14.6. The van der Waals surface area contributed by atoms with Crippen molar-refractivity contribution in [2.45, 2.75) is 24.6 Å². The van der Waals surface area contributed by atoms with E-state index in [2.05, 4.69) is 52.2 Å². The fourth-order valence-corrected chi connectivity index (χ4v) is 5.00. The summed E-state index contributed by atoms with van der Waals surface area (Å²) >= 11 is 3.45. The van der Waals surface area contributed by atoms with Gasteiger partial charge in [-0.2, -0.15) is 0 Å². The van der Waals surface area contributed by atoms with Crippen LogP contribution in [0.5, 0.6) is 0 Å². The smallest absolute Gasteiger partial charge is 0.126 e. The minimum absolute atomic E-state index is 0.909. The van der Waals surface area contributed by atoms with Crippen molar-refractivity contribution in [1.82, 2.24) is 15.0 Å². The summed E-state index contributed by atoms with van der Waals surface area (Å²) in [6.07, 6.45) is 1.67. The summed E-state index contributed by atoms with van der Waals surface area (Å²) in [5, 5.41) is 2.21. The second kappa shape index (κ2) is 5.91. The zero-order chi connectivity index (χ0) is 15.8. The first-order valence-corrected chi connectivity index (χ1v) is 9.21. The van der Waals surface area contributed by atoms with Crippen LogP contribution in [0.1, 0.15) is 16.8 Å². The zero-order valence-corrected chi connectivity index (χ0v) is 14.5. The lowest BCUT2D eigenvalue weighted by Crippen LogP contribution is -1.87. The van der Waals surface area contributed by atoms with Crippen LogP contribution in [-0.2, 0) is 5.75 Å². The van der Waals surface area contributed by atoms with Crippen LogP contribution >= 0.6 is 23.1 Å². The molecule has 0 N–H and O–H groups in total. The molecule has 0 unspecified atom stereocenters. The average molecular weight is 337 g/mol. The Morgan fingerprint density at radius 1 is 1.09 bits per heavy atom. The number of fused-ring (bicyclic) bond motifs is 3. The normalized spacial score (nSPS) is 11.4. The van der Waals surface area contributed by atoms with Crippen molar-refractivity contribution in [2.75, 3.05) is 0 Å². The van der Waals surface area contributed by atoms with Gasteiger partial charge in [0.2, 0.25) is 0 Å². The third-order valence-corrected chi connectivity index (χ3v) is 6.01. The average Bonchev–Trinajstić information content (AvgIpc) is 2.92. The molecule has 0 fully saturated rings. The number of pyridine rings is 1. The Kier molecular flexibility index (Phi) is 3.75. The number of benzene rings is 1. The molecular formula is C18H15N3S2. The largest absolute Gasteiger partial charge is 0.242 e. The summed E-state index contributed by atoms with van der Waals surface area (Å²) < 4.78 is 1.14. The topological polar surface area (TPSA) is 38.7 Å². The van der Waals surface area contributed by atoms with E-state index in [0.29, 0.717) is 0 Å². The van der Waals surface area contributed by atoms with Crippen molar-refractivity contribution >= 4 is 43.5 Å². The summed E-state index contributed by atoms with van der Waals surface area (Å²) in [4.78, 5) is 14.8. The van der Waals surface area contributed by atoms with Crippen LogP contribution in [0.3, 0.4) is 0 Å². The molecule has 3 aromatic heterocycles. The van der Waals surface area contributed by atoms with Crippen LogP contribution < -0.4 is 0 Å². The first-order chi connectivity index (χ1) is 11.2. The van der Waals surface area contributed by atoms with Gasteiger partial charge in [-0.05, 0) is 31.0 Å². The first-order valence-electron chi connectivity index (χ1n) is 7.40. The number of thioether (sulfide) groups is 1. The van der Waals surface area contributed by atoms with Gasteiger partial charge >= 0.3 is 0 Å². The van der Waals surface area contributed by atoms with E-state index in [1.54, 1.807) is 29.4 Å². The van der Waals surface area contributed by atoms with Crippen LogP contribution in [0.4, 0.5) is 0 Å². The molecule has 4 rings (SSSR count). The van der Waals surface area contributed by atoms with Gasteiger partial charge in [0.15, 0.2) is 0 Å². The number of thiophene rings is 1. The van der Waals surface area contributed by atoms with E-state index in [9.17, 15) is 0 Å².